The van der Waals surface area contributed by atoms with Gasteiger partial charge in [-0.2, -0.15) is 13.2 Å². The van der Waals surface area contributed by atoms with Gasteiger partial charge in [0.2, 0.25) is 0 Å². The Balaban J connectivity index is 1.84. The Morgan fingerprint density at radius 1 is 1.17 bits per heavy atom. The summed E-state index contributed by atoms with van der Waals surface area (Å²) in [5.74, 6) is 0. The normalized spacial score (nSPS) is 18.2. The monoisotopic (exact) mass is 346 g/mol. The maximum atomic E-state index is 12.8. The molecule has 1 fully saturated rings. The molecule has 1 aromatic carbocycles. The van der Waals surface area contributed by atoms with Crippen LogP contribution in [0.5, 0.6) is 0 Å². The summed E-state index contributed by atoms with van der Waals surface area (Å²) in [5, 5.41) is 9.95. The van der Waals surface area contributed by atoms with Gasteiger partial charge >= 0.3 is 6.18 Å². The van der Waals surface area contributed by atoms with Crippen LogP contribution in [0.3, 0.4) is 0 Å². The van der Waals surface area contributed by atoms with Gasteiger partial charge in [-0.05, 0) is 32.0 Å². The molecule has 1 aliphatic heterocycles. The van der Waals surface area contributed by atoms with Crippen LogP contribution < -0.4 is 4.90 Å². The SMILES string of the molecule is CC(C)OCC(O)CN1CCN(c2cccc(C(F)(F)F)c2)CC1. The molecule has 24 heavy (non-hydrogen) atoms. The Bertz CT molecular complexity index is 515. The number of aliphatic hydroxyl groups excluding tert-OH is 1. The molecule has 1 aromatic rings. The number of nitrogens with zero attached hydrogens (tertiary/aromatic N) is 2. The number of benzene rings is 1. The Morgan fingerprint density at radius 2 is 1.83 bits per heavy atom. The number of ether oxygens (including phenoxy) is 1. The summed E-state index contributed by atoms with van der Waals surface area (Å²) in [6, 6.07) is 5.43. The maximum absolute atomic E-state index is 12.8. The highest BCUT2D eigenvalue weighted by Crippen LogP contribution is 2.31. The van der Waals surface area contributed by atoms with Crippen LogP contribution in [0.25, 0.3) is 0 Å². The molecule has 2 rings (SSSR count). The molecular weight excluding hydrogens is 321 g/mol. The van der Waals surface area contributed by atoms with Crippen LogP contribution in [-0.4, -0.2) is 61.5 Å². The van der Waals surface area contributed by atoms with E-state index in [0.29, 0.717) is 45.0 Å². The zero-order chi connectivity index (χ0) is 17.7. The van der Waals surface area contributed by atoms with Crippen LogP contribution in [0.2, 0.25) is 0 Å². The minimum absolute atomic E-state index is 0.0809. The van der Waals surface area contributed by atoms with Crippen LogP contribution in [0.4, 0.5) is 18.9 Å². The number of halogens is 3. The summed E-state index contributed by atoms with van der Waals surface area (Å²) in [5.41, 5.74) is -0.0307. The lowest BCUT2D eigenvalue weighted by Gasteiger charge is -2.37. The van der Waals surface area contributed by atoms with Crippen molar-refractivity contribution in [1.29, 1.82) is 0 Å². The fourth-order valence-electron chi connectivity index (χ4n) is 2.72. The first kappa shape index (κ1) is 19.0. The number of hydrogen-bond donors (Lipinski definition) is 1. The number of piperazine rings is 1. The number of β-amino-alcohol motifs (C(OH)–C–C–N with tert-alkyl or cyclic N) is 1. The average molecular weight is 346 g/mol. The summed E-state index contributed by atoms with van der Waals surface area (Å²) in [7, 11) is 0. The van der Waals surface area contributed by atoms with Crippen LogP contribution in [0, 0.1) is 0 Å². The van der Waals surface area contributed by atoms with E-state index >= 15 is 0 Å². The van der Waals surface area contributed by atoms with Gasteiger partial charge in [0.05, 0.1) is 24.4 Å². The second kappa shape index (κ2) is 8.18. The molecule has 1 unspecified atom stereocenters. The van der Waals surface area contributed by atoms with Gasteiger partial charge in [-0.15, -0.1) is 0 Å². The van der Waals surface area contributed by atoms with Gasteiger partial charge < -0.3 is 14.7 Å². The van der Waals surface area contributed by atoms with Crippen molar-refractivity contribution in [2.24, 2.45) is 0 Å². The Hall–Kier alpha value is -1.31. The molecular formula is C17H25F3N2O2. The van der Waals surface area contributed by atoms with Gasteiger partial charge in [-0.1, -0.05) is 6.07 Å². The topological polar surface area (TPSA) is 35.9 Å². The number of aliphatic hydroxyl groups is 1. The number of alkyl halides is 3. The lowest BCUT2D eigenvalue weighted by Crippen LogP contribution is -2.49. The average Bonchev–Trinajstić information content (AvgIpc) is 2.53. The van der Waals surface area contributed by atoms with Gasteiger partial charge in [-0.25, -0.2) is 0 Å². The first-order valence-electron chi connectivity index (χ1n) is 8.20. The predicted octanol–water partition coefficient (Wildman–Crippen LogP) is 2.61. The highest BCUT2D eigenvalue weighted by atomic mass is 19.4. The molecule has 1 saturated heterocycles. The van der Waals surface area contributed by atoms with Crippen molar-refractivity contribution in [1.82, 2.24) is 4.90 Å². The molecule has 0 saturated carbocycles. The van der Waals surface area contributed by atoms with Crippen LogP contribution in [-0.2, 0) is 10.9 Å². The number of hydrogen-bond acceptors (Lipinski definition) is 4. The lowest BCUT2D eigenvalue weighted by molar-refractivity contribution is -0.137. The molecule has 4 nitrogen and oxygen atoms in total. The summed E-state index contributed by atoms with van der Waals surface area (Å²) in [4.78, 5) is 4.06. The van der Waals surface area contributed by atoms with E-state index in [2.05, 4.69) is 4.90 Å². The van der Waals surface area contributed by atoms with Gasteiger partial charge in [0, 0.05) is 38.4 Å². The third-order valence-corrected chi connectivity index (χ3v) is 4.00. The van der Waals surface area contributed by atoms with Gasteiger partial charge in [0.1, 0.15) is 0 Å². The van der Waals surface area contributed by atoms with E-state index in [9.17, 15) is 18.3 Å². The van der Waals surface area contributed by atoms with Crippen molar-refractivity contribution in [3.63, 3.8) is 0 Å². The Morgan fingerprint density at radius 3 is 2.42 bits per heavy atom. The van der Waals surface area contributed by atoms with Crippen LogP contribution in [0.15, 0.2) is 24.3 Å². The highest BCUT2D eigenvalue weighted by molar-refractivity contribution is 5.49. The molecule has 0 aliphatic carbocycles. The van der Waals surface area contributed by atoms with Crippen LogP contribution in [0.1, 0.15) is 19.4 Å². The van der Waals surface area contributed by atoms with E-state index < -0.39 is 17.8 Å². The molecule has 0 radical (unpaired) electrons. The predicted molar refractivity (Wildman–Crippen MR) is 87.2 cm³/mol. The maximum Gasteiger partial charge on any atom is 0.416 e. The fourth-order valence-corrected chi connectivity index (χ4v) is 2.72. The molecule has 1 heterocycles. The minimum atomic E-state index is -4.32. The quantitative estimate of drug-likeness (QED) is 0.859. The molecule has 1 aliphatic rings. The number of rotatable bonds is 6. The first-order chi connectivity index (χ1) is 11.3. The minimum Gasteiger partial charge on any atom is -0.389 e. The van der Waals surface area contributed by atoms with Crippen molar-refractivity contribution in [3.8, 4) is 0 Å². The molecule has 0 aromatic heterocycles. The zero-order valence-corrected chi connectivity index (χ0v) is 14.1. The van der Waals surface area contributed by atoms with Gasteiger partial charge in [-0.3, -0.25) is 4.90 Å². The smallest absolute Gasteiger partial charge is 0.389 e. The molecule has 0 amide bonds. The van der Waals surface area contributed by atoms with Crippen molar-refractivity contribution in [2.45, 2.75) is 32.2 Å². The first-order valence-corrected chi connectivity index (χ1v) is 8.20. The van der Waals surface area contributed by atoms with E-state index in [4.69, 9.17) is 4.74 Å². The molecule has 7 heteroatoms. The van der Waals surface area contributed by atoms with Gasteiger partial charge in [0.15, 0.2) is 0 Å². The summed E-state index contributed by atoms with van der Waals surface area (Å²) >= 11 is 0. The third kappa shape index (κ3) is 5.65. The lowest BCUT2D eigenvalue weighted by atomic mass is 10.1. The third-order valence-electron chi connectivity index (χ3n) is 4.00. The van der Waals surface area contributed by atoms with E-state index in [1.54, 1.807) is 6.07 Å². The van der Waals surface area contributed by atoms with E-state index in [0.717, 1.165) is 6.07 Å². The summed E-state index contributed by atoms with van der Waals surface area (Å²) in [6.45, 7) is 7.33. The van der Waals surface area contributed by atoms with Crippen molar-refractivity contribution >= 4 is 5.69 Å². The second-order valence-electron chi connectivity index (χ2n) is 6.37. The molecule has 0 bridgehead atoms. The fraction of sp³-hybridized carbons (Fsp3) is 0.647. The van der Waals surface area contributed by atoms with E-state index in [-0.39, 0.29) is 6.10 Å². The standard InChI is InChI=1S/C17H25F3N2O2/c1-13(2)24-12-16(23)11-21-6-8-22(9-7-21)15-5-3-4-14(10-15)17(18,19)20/h3-5,10,13,16,23H,6-9,11-12H2,1-2H3. The summed E-state index contributed by atoms with van der Waals surface area (Å²) in [6.07, 6.45) is -4.79. The second-order valence-corrected chi connectivity index (χ2v) is 6.37. The van der Waals surface area contributed by atoms with E-state index in [1.165, 1.54) is 12.1 Å². The Labute approximate surface area is 140 Å². The van der Waals surface area contributed by atoms with Gasteiger partial charge in [0.25, 0.3) is 0 Å². The van der Waals surface area contributed by atoms with Crippen molar-refractivity contribution in [3.05, 3.63) is 29.8 Å². The molecule has 1 atom stereocenters. The molecule has 0 spiro atoms. The van der Waals surface area contributed by atoms with E-state index in [1.807, 2.05) is 18.7 Å². The highest BCUT2D eigenvalue weighted by Gasteiger charge is 2.31. The van der Waals surface area contributed by atoms with Crippen molar-refractivity contribution < 1.29 is 23.0 Å². The summed E-state index contributed by atoms with van der Waals surface area (Å²) < 4.78 is 43.8. The largest absolute Gasteiger partial charge is 0.416 e. The number of anilines is 1. The molecule has 1 N–H and O–H groups in total. The molecule has 136 valence electrons. The van der Waals surface area contributed by atoms with Crippen molar-refractivity contribution in [2.75, 3.05) is 44.2 Å². The Kier molecular flexibility index (Phi) is 6.48. The van der Waals surface area contributed by atoms with Crippen LogP contribution >= 0.6 is 0 Å². The zero-order valence-electron chi connectivity index (χ0n) is 14.1.